The van der Waals surface area contributed by atoms with Crippen LogP contribution in [0.2, 0.25) is 0 Å². The minimum atomic E-state index is -0.306. The maximum atomic E-state index is 12.3. The third-order valence-corrected chi connectivity index (χ3v) is 4.83. The van der Waals surface area contributed by atoms with Gasteiger partial charge in [-0.05, 0) is 30.2 Å². The molecule has 3 rings (SSSR count). The van der Waals surface area contributed by atoms with Gasteiger partial charge in [0.15, 0.2) is 0 Å². The minimum absolute atomic E-state index is 0.0490. The molecule has 0 spiro atoms. The highest BCUT2D eigenvalue weighted by atomic mass is 79.9. The van der Waals surface area contributed by atoms with E-state index in [4.69, 9.17) is 4.74 Å². The standard InChI is InChI=1S/C15H15BrN4O3S/c1-23-8-13-18-19-15(24-13)17-12(21)7-20-11-4-3-10(16)6-9(11)2-5-14(20)22/h3-4,6H,2,5,7-8H2,1H3,(H,17,19,21). The Balaban J connectivity index is 1.70. The van der Waals surface area contributed by atoms with Crippen molar-refractivity contribution >= 4 is 49.9 Å². The Morgan fingerprint density at radius 3 is 3.04 bits per heavy atom. The number of hydrogen-bond donors (Lipinski definition) is 1. The Morgan fingerprint density at radius 1 is 1.42 bits per heavy atom. The van der Waals surface area contributed by atoms with Gasteiger partial charge in [-0.3, -0.25) is 14.9 Å². The van der Waals surface area contributed by atoms with Crippen LogP contribution < -0.4 is 10.2 Å². The van der Waals surface area contributed by atoms with Crippen LogP contribution in [0.15, 0.2) is 22.7 Å². The summed E-state index contributed by atoms with van der Waals surface area (Å²) in [5.41, 5.74) is 1.83. The number of halogens is 1. The molecule has 0 radical (unpaired) electrons. The Hall–Kier alpha value is -1.84. The number of methoxy groups -OCH3 is 1. The lowest BCUT2D eigenvalue weighted by Crippen LogP contribution is -2.40. The summed E-state index contributed by atoms with van der Waals surface area (Å²) < 4.78 is 5.93. The quantitative estimate of drug-likeness (QED) is 0.817. The Bertz CT molecular complexity index is 780. The van der Waals surface area contributed by atoms with Gasteiger partial charge in [0.2, 0.25) is 16.9 Å². The van der Waals surface area contributed by atoms with E-state index in [0.717, 1.165) is 15.7 Å². The van der Waals surface area contributed by atoms with E-state index in [1.807, 2.05) is 18.2 Å². The zero-order valence-electron chi connectivity index (χ0n) is 12.9. The van der Waals surface area contributed by atoms with Crippen molar-refractivity contribution in [3.05, 3.63) is 33.2 Å². The van der Waals surface area contributed by atoms with E-state index in [9.17, 15) is 9.59 Å². The van der Waals surface area contributed by atoms with Crippen molar-refractivity contribution in [2.24, 2.45) is 0 Å². The second-order valence-corrected chi connectivity index (χ2v) is 7.21. The SMILES string of the molecule is COCc1nnc(NC(=O)CN2C(=O)CCc3cc(Br)ccc32)s1. The summed E-state index contributed by atoms with van der Waals surface area (Å²) in [6.07, 6.45) is 1.08. The van der Waals surface area contributed by atoms with E-state index in [0.29, 0.717) is 29.6 Å². The van der Waals surface area contributed by atoms with Crippen molar-refractivity contribution in [1.82, 2.24) is 10.2 Å². The second kappa shape index (κ2) is 7.37. The number of ether oxygens (including phenoxy) is 1. The van der Waals surface area contributed by atoms with E-state index in [1.54, 1.807) is 7.11 Å². The van der Waals surface area contributed by atoms with Gasteiger partial charge >= 0.3 is 0 Å². The van der Waals surface area contributed by atoms with Crippen LogP contribution in [0.5, 0.6) is 0 Å². The summed E-state index contributed by atoms with van der Waals surface area (Å²) in [5, 5.41) is 11.6. The molecule has 7 nitrogen and oxygen atoms in total. The molecule has 0 bridgehead atoms. The number of aryl methyl sites for hydroxylation is 1. The molecule has 0 atom stereocenters. The zero-order chi connectivity index (χ0) is 17.1. The van der Waals surface area contributed by atoms with Crippen molar-refractivity contribution in [3.63, 3.8) is 0 Å². The van der Waals surface area contributed by atoms with Crippen LogP contribution in [-0.2, 0) is 27.4 Å². The number of carbonyl (C=O) groups is 2. The highest BCUT2D eigenvalue weighted by Gasteiger charge is 2.26. The average molecular weight is 411 g/mol. The zero-order valence-corrected chi connectivity index (χ0v) is 15.3. The normalized spacial score (nSPS) is 13.8. The number of fused-ring (bicyclic) bond motifs is 1. The second-order valence-electron chi connectivity index (χ2n) is 5.24. The fourth-order valence-corrected chi connectivity index (χ4v) is 3.63. The molecule has 126 valence electrons. The van der Waals surface area contributed by atoms with E-state index in [2.05, 4.69) is 31.4 Å². The van der Waals surface area contributed by atoms with Crippen molar-refractivity contribution in [2.75, 3.05) is 23.9 Å². The molecular weight excluding hydrogens is 396 g/mol. The Morgan fingerprint density at radius 2 is 2.25 bits per heavy atom. The highest BCUT2D eigenvalue weighted by Crippen LogP contribution is 2.30. The third kappa shape index (κ3) is 3.80. The van der Waals surface area contributed by atoms with Crippen LogP contribution in [0.1, 0.15) is 17.0 Å². The fraction of sp³-hybridized carbons (Fsp3) is 0.333. The summed E-state index contributed by atoms with van der Waals surface area (Å²) in [7, 11) is 1.57. The van der Waals surface area contributed by atoms with Crippen molar-refractivity contribution in [3.8, 4) is 0 Å². The van der Waals surface area contributed by atoms with Crippen molar-refractivity contribution in [1.29, 1.82) is 0 Å². The Kier molecular flexibility index (Phi) is 5.22. The molecule has 0 saturated heterocycles. The van der Waals surface area contributed by atoms with Gasteiger partial charge in [-0.15, -0.1) is 10.2 Å². The van der Waals surface area contributed by atoms with E-state index in [1.165, 1.54) is 16.2 Å². The molecule has 0 fully saturated rings. The first-order valence-corrected chi connectivity index (χ1v) is 8.87. The number of aromatic nitrogens is 2. The third-order valence-electron chi connectivity index (χ3n) is 3.52. The predicted molar refractivity (Wildman–Crippen MR) is 94.1 cm³/mol. The fourth-order valence-electron chi connectivity index (χ4n) is 2.49. The van der Waals surface area contributed by atoms with Crippen LogP contribution in [0.25, 0.3) is 0 Å². The molecule has 1 aliphatic heterocycles. The molecular formula is C15H15BrN4O3S. The average Bonchev–Trinajstić information content (AvgIpc) is 2.97. The first-order chi connectivity index (χ1) is 11.6. The molecule has 1 N–H and O–H groups in total. The van der Waals surface area contributed by atoms with Crippen LogP contribution in [0.3, 0.4) is 0 Å². The van der Waals surface area contributed by atoms with Crippen LogP contribution in [0.4, 0.5) is 10.8 Å². The molecule has 2 amide bonds. The summed E-state index contributed by atoms with van der Waals surface area (Å²) in [5.74, 6) is -0.364. The topological polar surface area (TPSA) is 84.4 Å². The predicted octanol–water partition coefficient (Wildman–Crippen LogP) is 2.36. The molecule has 24 heavy (non-hydrogen) atoms. The first kappa shape index (κ1) is 17.0. The van der Waals surface area contributed by atoms with E-state index in [-0.39, 0.29) is 18.4 Å². The number of benzene rings is 1. The molecule has 0 aliphatic carbocycles. The lowest BCUT2D eigenvalue weighted by atomic mass is 10.0. The van der Waals surface area contributed by atoms with Crippen LogP contribution in [-0.4, -0.2) is 35.7 Å². The van der Waals surface area contributed by atoms with E-state index < -0.39 is 0 Å². The molecule has 1 aromatic carbocycles. The molecule has 2 aromatic rings. The number of anilines is 2. The van der Waals surface area contributed by atoms with Crippen LogP contribution >= 0.6 is 27.3 Å². The van der Waals surface area contributed by atoms with E-state index >= 15 is 0 Å². The largest absolute Gasteiger partial charge is 0.377 e. The van der Waals surface area contributed by atoms with Gasteiger partial charge in [0.25, 0.3) is 0 Å². The summed E-state index contributed by atoms with van der Waals surface area (Å²) in [6.45, 7) is 0.299. The number of nitrogens with zero attached hydrogens (tertiary/aromatic N) is 3. The number of hydrogen-bond acceptors (Lipinski definition) is 6. The molecule has 1 aliphatic rings. The highest BCUT2D eigenvalue weighted by molar-refractivity contribution is 9.10. The summed E-state index contributed by atoms with van der Waals surface area (Å²) in [4.78, 5) is 26.0. The van der Waals surface area contributed by atoms with Gasteiger partial charge < -0.3 is 9.64 Å². The molecule has 9 heteroatoms. The molecule has 1 aromatic heterocycles. The van der Waals surface area contributed by atoms with Crippen LogP contribution in [0, 0.1) is 0 Å². The lowest BCUT2D eigenvalue weighted by Gasteiger charge is -2.28. The lowest BCUT2D eigenvalue weighted by molar-refractivity contribution is -0.121. The smallest absolute Gasteiger partial charge is 0.246 e. The molecule has 0 saturated carbocycles. The monoisotopic (exact) mass is 410 g/mol. The summed E-state index contributed by atoms with van der Waals surface area (Å²) in [6, 6.07) is 5.70. The van der Waals surface area contributed by atoms with Gasteiger partial charge in [-0.2, -0.15) is 0 Å². The molecule has 0 unspecified atom stereocenters. The van der Waals surface area contributed by atoms with Crippen molar-refractivity contribution in [2.45, 2.75) is 19.4 Å². The van der Waals surface area contributed by atoms with Gasteiger partial charge in [-0.1, -0.05) is 27.3 Å². The van der Waals surface area contributed by atoms with Crippen molar-refractivity contribution < 1.29 is 14.3 Å². The Labute approximate surface area is 151 Å². The number of amides is 2. The number of rotatable bonds is 5. The van der Waals surface area contributed by atoms with Gasteiger partial charge in [0.05, 0.1) is 0 Å². The molecule has 2 heterocycles. The van der Waals surface area contributed by atoms with Gasteiger partial charge in [-0.25, -0.2) is 0 Å². The minimum Gasteiger partial charge on any atom is -0.377 e. The number of carbonyl (C=O) groups excluding carboxylic acids is 2. The number of nitrogens with one attached hydrogen (secondary N) is 1. The van der Waals surface area contributed by atoms with Gasteiger partial charge in [0.1, 0.15) is 18.2 Å². The maximum absolute atomic E-state index is 12.3. The maximum Gasteiger partial charge on any atom is 0.246 e. The summed E-state index contributed by atoms with van der Waals surface area (Å²) >= 11 is 4.68. The van der Waals surface area contributed by atoms with Gasteiger partial charge in [0, 0.05) is 23.7 Å². The first-order valence-electron chi connectivity index (χ1n) is 7.27.